The summed E-state index contributed by atoms with van der Waals surface area (Å²) in [5.41, 5.74) is -0.835. The third-order valence-electron chi connectivity index (χ3n) is 14.8. The van der Waals surface area contributed by atoms with Gasteiger partial charge in [0.2, 0.25) is 0 Å². The standard InChI is InChI=1S/C62H119NO5/c1-4-7-10-13-16-19-22-25-28-30-33-36-39-42-45-48-51-54-60(64)67-57-62(56-66-59(63-62)53-50-47-44-41-38-35-32-27-24-21-18-15-12-9-6-3)58-68-61(65)55-52-49-46-43-40-37-34-31-29-26-23-20-17-14-11-8-5-2/h4-58H2,1-3H3. The number of aliphatic imine (C=N–C) groups is 1. The Kier molecular flexibility index (Phi) is 49.0. The Morgan fingerprint density at radius 1 is 0.353 bits per heavy atom. The van der Waals surface area contributed by atoms with Crippen LogP contribution in [0, 0.1) is 0 Å². The summed E-state index contributed by atoms with van der Waals surface area (Å²) in [6, 6.07) is 0. The molecule has 6 heteroatoms. The van der Waals surface area contributed by atoms with E-state index < -0.39 is 5.54 Å². The lowest BCUT2D eigenvalue weighted by Crippen LogP contribution is -2.41. The molecule has 6 nitrogen and oxygen atoms in total. The molecule has 0 aliphatic carbocycles. The van der Waals surface area contributed by atoms with E-state index in [9.17, 15) is 9.59 Å². The van der Waals surface area contributed by atoms with Crippen LogP contribution in [0.5, 0.6) is 0 Å². The highest BCUT2D eigenvalue weighted by molar-refractivity contribution is 5.78. The lowest BCUT2D eigenvalue weighted by molar-refractivity contribution is -0.150. The molecule has 0 bridgehead atoms. The zero-order valence-corrected chi connectivity index (χ0v) is 46.4. The predicted octanol–water partition coefficient (Wildman–Crippen LogP) is 20.6. The average molecular weight is 959 g/mol. The maximum Gasteiger partial charge on any atom is 0.305 e. The highest BCUT2D eigenvalue weighted by atomic mass is 16.6. The summed E-state index contributed by atoms with van der Waals surface area (Å²) in [5.74, 6) is 0.380. The summed E-state index contributed by atoms with van der Waals surface area (Å²) in [6.07, 6.45) is 66.7. The van der Waals surface area contributed by atoms with Gasteiger partial charge in [-0.15, -0.1) is 0 Å². The van der Waals surface area contributed by atoms with Crippen LogP contribution in [0.15, 0.2) is 4.99 Å². The fourth-order valence-corrected chi connectivity index (χ4v) is 10.1. The van der Waals surface area contributed by atoms with Gasteiger partial charge < -0.3 is 14.2 Å². The van der Waals surface area contributed by atoms with Gasteiger partial charge in [-0.3, -0.25) is 9.59 Å². The van der Waals surface area contributed by atoms with Gasteiger partial charge in [-0.05, 0) is 19.3 Å². The van der Waals surface area contributed by atoms with Gasteiger partial charge in [0.25, 0.3) is 0 Å². The Hall–Kier alpha value is -1.59. The first-order valence-electron chi connectivity index (χ1n) is 31.1. The number of unbranched alkanes of at least 4 members (excludes halogenated alkanes) is 46. The van der Waals surface area contributed by atoms with Crippen molar-refractivity contribution in [3.63, 3.8) is 0 Å². The Labute approximate surface area is 425 Å². The molecule has 0 aromatic carbocycles. The number of ether oxygens (including phenoxy) is 3. The molecule has 0 amide bonds. The van der Waals surface area contributed by atoms with E-state index in [0.717, 1.165) is 44.4 Å². The van der Waals surface area contributed by atoms with Crippen molar-refractivity contribution in [2.45, 2.75) is 360 Å². The summed E-state index contributed by atoms with van der Waals surface area (Å²) in [4.78, 5) is 30.8. The topological polar surface area (TPSA) is 74.2 Å². The van der Waals surface area contributed by atoms with E-state index in [1.807, 2.05) is 0 Å². The maximum absolute atomic E-state index is 12.9. The van der Waals surface area contributed by atoms with E-state index >= 15 is 0 Å². The van der Waals surface area contributed by atoms with Gasteiger partial charge in [-0.2, -0.15) is 0 Å². The van der Waals surface area contributed by atoms with Crippen molar-refractivity contribution in [2.24, 2.45) is 4.99 Å². The number of carbonyl (C=O) groups is 2. The molecule has 0 unspecified atom stereocenters. The van der Waals surface area contributed by atoms with Crippen molar-refractivity contribution in [1.29, 1.82) is 0 Å². The Morgan fingerprint density at radius 3 is 0.824 bits per heavy atom. The van der Waals surface area contributed by atoms with Crippen molar-refractivity contribution < 1.29 is 23.8 Å². The van der Waals surface area contributed by atoms with E-state index in [4.69, 9.17) is 19.2 Å². The second-order valence-electron chi connectivity index (χ2n) is 21.9. The minimum Gasteiger partial charge on any atom is -0.478 e. The van der Waals surface area contributed by atoms with Crippen molar-refractivity contribution in [3.05, 3.63) is 0 Å². The molecule has 0 spiro atoms. The monoisotopic (exact) mass is 958 g/mol. The van der Waals surface area contributed by atoms with Gasteiger partial charge in [0.05, 0.1) is 0 Å². The molecular formula is C62H119NO5. The fraction of sp³-hybridized carbons (Fsp3) is 0.952. The fourth-order valence-electron chi connectivity index (χ4n) is 10.1. The lowest BCUT2D eigenvalue weighted by atomic mass is 10.0. The number of esters is 2. The van der Waals surface area contributed by atoms with Crippen LogP contribution in [-0.2, 0) is 23.8 Å². The first-order chi connectivity index (χ1) is 33.5. The van der Waals surface area contributed by atoms with Gasteiger partial charge in [-0.25, -0.2) is 4.99 Å². The van der Waals surface area contributed by atoms with Gasteiger partial charge in [0.1, 0.15) is 19.8 Å². The third-order valence-corrected chi connectivity index (χ3v) is 14.8. The highest BCUT2D eigenvalue weighted by Crippen LogP contribution is 2.25. The van der Waals surface area contributed by atoms with Crippen molar-refractivity contribution in [1.82, 2.24) is 0 Å². The summed E-state index contributed by atoms with van der Waals surface area (Å²) < 4.78 is 17.8. The first kappa shape index (κ1) is 64.4. The molecule has 0 N–H and O–H groups in total. The van der Waals surface area contributed by atoms with Crippen LogP contribution in [0.25, 0.3) is 0 Å². The second kappa shape index (κ2) is 51.8. The Balaban J connectivity index is 2.31. The molecule has 0 aromatic rings. The van der Waals surface area contributed by atoms with Gasteiger partial charge in [-0.1, -0.05) is 316 Å². The molecule has 1 heterocycles. The summed E-state index contributed by atoms with van der Waals surface area (Å²) in [6.45, 7) is 7.40. The molecule has 0 fully saturated rings. The predicted molar refractivity (Wildman–Crippen MR) is 295 cm³/mol. The quantitative estimate of drug-likeness (QED) is 0.0448. The molecule has 1 rings (SSSR count). The van der Waals surface area contributed by atoms with Crippen LogP contribution in [0.1, 0.15) is 355 Å². The SMILES string of the molecule is CCCCCCCCCCCCCCCCCCCC(=O)OCC1(COC(=O)CCCCCCCCCCCCCCCCCCC)COC(CCCCCCCCCCCCCCCCC)=N1. The minimum absolute atomic E-state index is 0.111. The summed E-state index contributed by atoms with van der Waals surface area (Å²) in [7, 11) is 0. The van der Waals surface area contributed by atoms with E-state index in [2.05, 4.69) is 20.8 Å². The molecule has 0 saturated carbocycles. The molecular weight excluding hydrogens is 839 g/mol. The number of nitrogens with zero attached hydrogens (tertiary/aromatic N) is 1. The largest absolute Gasteiger partial charge is 0.478 e. The van der Waals surface area contributed by atoms with E-state index in [1.54, 1.807) is 0 Å². The third kappa shape index (κ3) is 44.4. The van der Waals surface area contributed by atoms with Crippen LogP contribution in [0.4, 0.5) is 0 Å². The lowest BCUT2D eigenvalue weighted by Gasteiger charge is -2.23. The van der Waals surface area contributed by atoms with Gasteiger partial charge in [0.15, 0.2) is 11.4 Å². The van der Waals surface area contributed by atoms with Crippen LogP contribution >= 0.6 is 0 Å². The van der Waals surface area contributed by atoms with E-state index in [1.165, 1.54) is 283 Å². The normalized spacial score (nSPS) is 13.2. The van der Waals surface area contributed by atoms with Crippen LogP contribution in [-0.4, -0.2) is 43.2 Å². The highest BCUT2D eigenvalue weighted by Gasteiger charge is 2.40. The second-order valence-corrected chi connectivity index (χ2v) is 21.9. The Morgan fingerprint density at radius 2 is 0.574 bits per heavy atom. The Bertz CT molecular complexity index is 1040. The number of hydrogen-bond donors (Lipinski definition) is 0. The van der Waals surface area contributed by atoms with Crippen LogP contribution in [0.3, 0.4) is 0 Å². The smallest absolute Gasteiger partial charge is 0.305 e. The van der Waals surface area contributed by atoms with Crippen LogP contribution in [0.2, 0.25) is 0 Å². The minimum atomic E-state index is -0.835. The van der Waals surface area contributed by atoms with Crippen molar-refractivity contribution >= 4 is 17.8 Å². The molecule has 0 atom stereocenters. The summed E-state index contributed by atoms with van der Waals surface area (Å²) >= 11 is 0. The maximum atomic E-state index is 12.9. The van der Waals surface area contributed by atoms with E-state index in [0.29, 0.717) is 19.4 Å². The summed E-state index contributed by atoms with van der Waals surface area (Å²) in [5, 5.41) is 0. The van der Waals surface area contributed by atoms with Gasteiger partial charge >= 0.3 is 11.9 Å². The first-order valence-corrected chi connectivity index (χ1v) is 31.1. The molecule has 0 radical (unpaired) electrons. The molecule has 68 heavy (non-hydrogen) atoms. The molecule has 1 aliphatic rings. The number of hydrogen-bond acceptors (Lipinski definition) is 6. The molecule has 0 aromatic heterocycles. The zero-order chi connectivity index (χ0) is 49.0. The molecule has 402 valence electrons. The van der Waals surface area contributed by atoms with E-state index in [-0.39, 0.29) is 25.2 Å². The van der Waals surface area contributed by atoms with Crippen LogP contribution < -0.4 is 0 Å². The van der Waals surface area contributed by atoms with Crippen molar-refractivity contribution in [3.8, 4) is 0 Å². The number of carbonyl (C=O) groups excluding carboxylic acids is 2. The average Bonchev–Trinajstić information content (AvgIpc) is 3.76. The van der Waals surface area contributed by atoms with Crippen molar-refractivity contribution in [2.75, 3.05) is 19.8 Å². The number of rotatable bonds is 56. The van der Waals surface area contributed by atoms with Gasteiger partial charge in [0, 0.05) is 19.3 Å². The zero-order valence-electron chi connectivity index (χ0n) is 46.4. The molecule has 0 saturated heterocycles. The molecule has 1 aliphatic heterocycles.